The second-order valence-corrected chi connectivity index (χ2v) is 21.0. The number of hydrogen-bond donors (Lipinski definition) is 0. The molecule has 4 aromatic heterocycles. The topological polar surface area (TPSA) is 33.8 Å². The van der Waals surface area contributed by atoms with Crippen LogP contribution in [0.15, 0.2) is 121 Å². The average molecular weight is 684 g/mol. The highest BCUT2D eigenvalue weighted by Gasteiger charge is 2.48. The largest absolute Gasteiger partial charge is 0.437 e. The summed E-state index contributed by atoms with van der Waals surface area (Å²) in [4.78, 5) is 4.77. The van der Waals surface area contributed by atoms with Crippen molar-refractivity contribution in [3.63, 3.8) is 0 Å². The second kappa shape index (κ2) is 11.7. The van der Waals surface area contributed by atoms with Gasteiger partial charge in [0.05, 0.1) is 24.9 Å². The fraction of sp³-hybridized carbons (Fsp3) is 0.239. The predicted octanol–water partition coefficient (Wildman–Crippen LogP) is 10.3. The summed E-state index contributed by atoms with van der Waals surface area (Å²) in [7, 11) is -1.69. The lowest BCUT2D eigenvalue weighted by atomic mass is 9.78. The molecule has 9 rings (SSSR count). The Hall–Kier alpha value is -5.13. The molecule has 4 nitrogen and oxygen atoms in total. The number of nitrogens with zero attached hydrogens (tertiary/aromatic N) is 3. The van der Waals surface area contributed by atoms with Gasteiger partial charge in [-0.15, -0.1) is 0 Å². The number of hydrogen-bond acceptors (Lipinski definition) is 2. The molecule has 7 aromatic rings. The van der Waals surface area contributed by atoms with Gasteiger partial charge in [0.2, 0.25) is 28.8 Å². The van der Waals surface area contributed by atoms with Gasteiger partial charge in [0.1, 0.15) is 0 Å². The van der Waals surface area contributed by atoms with E-state index in [-0.39, 0.29) is 12.0 Å². The van der Waals surface area contributed by atoms with E-state index in [1.165, 1.54) is 38.7 Å². The van der Waals surface area contributed by atoms with E-state index in [4.69, 9.17) is 16.0 Å². The molecular weight excluding hydrogens is 639 g/mol. The summed E-state index contributed by atoms with van der Waals surface area (Å²) in [6, 6.07) is 33.5. The van der Waals surface area contributed by atoms with Crippen LogP contribution in [0.3, 0.4) is 0 Å². The molecule has 0 fully saturated rings. The van der Waals surface area contributed by atoms with Crippen molar-refractivity contribution in [2.45, 2.75) is 71.1 Å². The summed E-state index contributed by atoms with van der Waals surface area (Å²) < 4.78 is 11.8. The van der Waals surface area contributed by atoms with Gasteiger partial charge in [0.15, 0.2) is 18.0 Å². The molecule has 0 bridgehead atoms. The maximum absolute atomic E-state index is 6.85. The summed E-state index contributed by atoms with van der Waals surface area (Å²) >= 11 is 0. The molecule has 51 heavy (non-hydrogen) atoms. The molecule has 2 aliphatic heterocycles. The fourth-order valence-electron chi connectivity index (χ4n) is 8.91. The number of rotatable bonds is 3. The number of benzene rings is 3. The highest BCUT2D eigenvalue weighted by Crippen LogP contribution is 2.47. The molecule has 2 aliphatic rings. The van der Waals surface area contributed by atoms with Crippen LogP contribution in [-0.2, 0) is 6.42 Å². The van der Waals surface area contributed by atoms with Gasteiger partial charge in [-0.1, -0.05) is 94.2 Å². The van der Waals surface area contributed by atoms with Crippen molar-refractivity contribution in [1.29, 1.82) is 0 Å². The molecule has 5 heteroatoms. The van der Waals surface area contributed by atoms with Crippen molar-refractivity contribution in [3.05, 3.63) is 138 Å². The van der Waals surface area contributed by atoms with Gasteiger partial charge in [0, 0.05) is 40.5 Å². The van der Waals surface area contributed by atoms with Gasteiger partial charge >= 0.3 is 0 Å². The van der Waals surface area contributed by atoms with E-state index >= 15 is 0 Å². The zero-order valence-corrected chi connectivity index (χ0v) is 31.5. The minimum atomic E-state index is -1.69. The molecule has 2 unspecified atom stereocenters. The van der Waals surface area contributed by atoms with Gasteiger partial charge in [-0.2, -0.15) is 9.13 Å². The third-order valence-corrected chi connectivity index (χ3v) is 13.4. The van der Waals surface area contributed by atoms with E-state index in [9.17, 15) is 0 Å². The molecular formula is C46H45N3OSi+2. The third kappa shape index (κ3) is 4.96. The number of furan rings is 1. The lowest BCUT2D eigenvalue weighted by Gasteiger charge is -2.32. The number of aryl methyl sites for hydroxylation is 2. The number of fused-ring (bicyclic) bond motifs is 13. The first-order valence-corrected chi connectivity index (χ1v) is 21.9. The van der Waals surface area contributed by atoms with Crippen LogP contribution < -0.4 is 14.3 Å². The van der Waals surface area contributed by atoms with E-state index in [1.54, 1.807) is 0 Å². The van der Waals surface area contributed by atoms with Crippen molar-refractivity contribution in [1.82, 2.24) is 4.98 Å². The van der Waals surface area contributed by atoms with Crippen LogP contribution in [0.1, 0.15) is 60.4 Å². The van der Waals surface area contributed by atoms with Crippen molar-refractivity contribution < 1.29 is 13.6 Å². The Bertz CT molecular complexity index is 2540. The maximum Gasteiger partial charge on any atom is 0.249 e. The summed E-state index contributed by atoms with van der Waals surface area (Å²) in [6.07, 6.45) is 8.53. The van der Waals surface area contributed by atoms with E-state index in [0.29, 0.717) is 11.6 Å². The van der Waals surface area contributed by atoms with Crippen molar-refractivity contribution in [2.24, 2.45) is 0 Å². The minimum Gasteiger partial charge on any atom is -0.437 e. The van der Waals surface area contributed by atoms with Crippen LogP contribution in [0.5, 0.6) is 0 Å². The zero-order chi connectivity index (χ0) is 35.2. The van der Waals surface area contributed by atoms with Crippen molar-refractivity contribution >= 4 is 41.0 Å². The Morgan fingerprint density at radius 2 is 1.67 bits per heavy atom. The predicted molar refractivity (Wildman–Crippen MR) is 212 cm³/mol. The van der Waals surface area contributed by atoms with E-state index < -0.39 is 8.07 Å². The van der Waals surface area contributed by atoms with Crippen molar-refractivity contribution in [3.8, 4) is 33.6 Å². The molecule has 0 N–H and O–H groups in total. The van der Waals surface area contributed by atoms with Crippen LogP contribution in [0.25, 0.3) is 61.4 Å². The monoisotopic (exact) mass is 683 g/mol. The molecule has 6 heterocycles. The first-order valence-electron chi connectivity index (χ1n) is 18.4. The summed E-state index contributed by atoms with van der Waals surface area (Å²) in [5.74, 6) is 0.692. The van der Waals surface area contributed by atoms with E-state index in [1.807, 2.05) is 6.20 Å². The molecule has 0 amide bonds. The Kier molecular flexibility index (Phi) is 7.31. The lowest BCUT2D eigenvalue weighted by Crippen LogP contribution is -2.57. The highest BCUT2D eigenvalue weighted by atomic mass is 28.3. The number of pyridine rings is 3. The molecule has 2 atom stereocenters. The first-order chi connectivity index (χ1) is 24.6. The molecule has 252 valence electrons. The van der Waals surface area contributed by atoms with E-state index in [2.05, 4.69) is 153 Å². The van der Waals surface area contributed by atoms with Crippen LogP contribution in [0, 0.1) is 6.92 Å². The number of allylic oxidation sites excluding steroid dienone is 1. The Morgan fingerprint density at radius 1 is 0.882 bits per heavy atom. The second-order valence-electron chi connectivity index (χ2n) is 16.0. The standard InChI is InChI=1S/C46H45N3OSi/c1-28(2)38-26-39-35-16-12-11-15-34(35)36-19-17-32-18-20-37-43-33(31-13-9-8-10-14-31)21-23-47-46(43)50-45(37)42(32)40-25-29(3)22-24-48(40)30(4)44(36)49(39)27-41(38)51(5,6)7/h8-16,18,20-28,36,44H,4,17,19H2,1-3,5-7H3/q+2. The Morgan fingerprint density at radius 3 is 2.45 bits per heavy atom. The van der Waals surface area contributed by atoms with Gasteiger partial charge in [-0.25, -0.2) is 4.98 Å². The van der Waals surface area contributed by atoms with Crippen LogP contribution in [-0.4, -0.2) is 13.1 Å². The SMILES string of the molecule is C=C1C2C(CCc3ccc4c(oc5nccc(-c6ccccc6)c54)c3-c3cc(C)cc[n+]31)c1ccccc1-c1cc(C(C)C)c([Si](C)(C)C)c[n+]12. The summed E-state index contributed by atoms with van der Waals surface area (Å²) in [6.45, 7) is 19.3. The maximum atomic E-state index is 6.85. The molecule has 0 saturated heterocycles. The fourth-order valence-corrected chi connectivity index (χ4v) is 10.7. The van der Waals surface area contributed by atoms with E-state index in [0.717, 1.165) is 57.3 Å². The normalized spacial score (nSPS) is 16.9. The Labute approximate surface area is 301 Å². The smallest absolute Gasteiger partial charge is 0.249 e. The average Bonchev–Trinajstić information content (AvgIpc) is 3.53. The molecule has 0 radical (unpaired) electrons. The van der Waals surface area contributed by atoms with Gasteiger partial charge in [-0.3, -0.25) is 0 Å². The van der Waals surface area contributed by atoms with Crippen LogP contribution >= 0.6 is 0 Å². The first kappa shape index (κ1) is 31.8. The lowest BCUT2D eigenvalue weighted by molar-refractivity contribution is -0.726. The number of aromatic nitrogens is 3. The van der Waals surface area contributed by atoms with Crippen LogP contribution in [0.4, 0.5) is 0 Å². The molecule has 0 saturated carbocycles. The van der Waals surface area contributed by atoms with Gasteiger partial charge in [0.25, 0.3) is 0 Å². The summed E-state index contributed by atoms with van der Waals surface area (Å²) in [5.41, 5.74) is 15.2. The molecule has 0 spiro atoms. The quantitative estimate of drug-likeness (QED) is 0.137. The third-order valence-electron chi connectivity index (χ3n) is 11.4. The van der Waals surface area contributed by atoms with Gasteiger partial charge in [-0.05, 0) is 77.8 Å². The van der Waals surface area contributed by atoms with Crippen molar-refractivity contribution in [2.75, 3.05) is 0 Å². The minimum absolute atomic E-state index is 0.0458. The molecule has 0 aliphatic carbocycles. The highest BCUT2D eigenvalue weighted by molar-refractivity contribution is 6.89. The Balaban J connectivity index is 1.33. The zero-order valence-electron chi connectivity index (χ0n) is 30.5. The molecule has 3 aromatic carbocycles. The van der Waals surface area contributed by atoms with Gasteiger partial charge < -0.3 is 4.42 Å². The summed E-state index contributed by atoms with van der Waals surface area (Å²) in [5, 5.41) is 3.69. The van der Waals surface area contributed by atoms with Crippen LogP contribution in [0.2, 0.25) is 19.6 Å².